The number of carbonyl (C=O) groups excluding carboxylic acids is 1. The molecule has 3 aromatic carbocycles. The first kappa shape index (κ1) is 19.2. The van der Waals surface area contributed by atoms with Crippen LogP contribution in [0.2, 0.25) is 0 Å². The molecule has 0 radical (unpaired) electrons. The van der Waals surface area contributed by atoms with E-state index in [4.69, 9.17) is 0 Å². The van der Waals surface area contributed by atoms with Crippen LogP contribution in [0.3, 0.4) is 0 Å². The van der Waals surface area contributed by atoms with Crippen LogP contribution in [-0.2, 0) is 4.79 Å². The molecule has 4 nitrogen and oxygen atoms in total. The Labute approximate surface area is 172 Å². The molecule has 6 heteroatoms. The van der Waals surface area contributed by atoms with Gasteiger partial charge in [0.2, 0.25) is 5.91 Å². The van der Waals surface area contributed by atoms with E-state index in [1.54, 1.807) is 28.4 Å². The number of hydrogen-bond acceptors (Lipinski definition) is 4. The molecule has 0 saturated carbocycles. The van der Waals surface area contributed by atoms with Crippen LogP contribution in [0, 0.1) is 5.82 Å². The summed E-state index contributed by atoms with van der Waals surface area (Å²) < 4.78 is 14.4. The van der Waals surface area contributed by atoms with Crippen molar-refractivity contribution in [2.45, 2.75) is 6.04 Å². The minimum atomic E-state index is -0.526. The lowest BCUT2D eigenvalue weighted by molar-refractivity contribution is -0.120. The highest BCUT2D eigenvalue weighted by molar-refractivity contribution is 7.21. The fourth-order valence-electron chi connectivity index (χ4n) is 3.27. The van der Waals surface area contributed by atoms with E-state index in [0.29, 0.717) is 5.69 Å². The third-order valence-electron chi connectivity index (χ3n) is 4.62. The summed E-state index contributed by atoms with van der Waals surface area (Å²) in [4.78, 5) is 19.5. The van der Waals surface area contributed by atoms with Crippen LogP contribution in [0.1, 0.15) is 11.6 Å². The number of carbonyl (C=O) groups is 1. The fraction of sp³-hybridized carbons (Fsp3) is 0.130. The van der Waals surface area contributed by atoms with Crippen LogP contribution in [-0.4, -0.2) is 29.9 Å². The number of nitrogens with zero attached hydrogens (tertiary/aromatic N) is 2. The number of aromatic nitrogens is 1. The van der Waals surface area contributed by atoms with Crippen molar-refractivity contribution in [1.82, 2.24) is 9.88 Å². The lowest BCUT2D eigenvalue weighted by atomic mass is 10.0. The lowest BCUT2D eigenvalue weighted by Gasteiger charge is -2.24. The standard InChI is InChI=1S/C23H20FN3OS/c1-27(2)21(15-10-12-17(24)13-11-15)22(28)25-18-7-5-6-16(14-18)23-26-19-8-3-4-9-20(19)29-23/h3-14,21H,1-2H3,(H,25,28)/t21-/m1/s1. The molecule has 1 amide bonds. The Hall–Kier alpha value is -3.09. The maximum atomic E-state index is 13.3. The van der Waals surface area contributed by atoms with Crippen molar-refractivity contribution >= 4 is 33.1 Å². The Bertz CT molecular complexity index is 1120. The molecule has 0 unspecified atom stereocenters. The average molecular weight is 405 g/mol. The number of fused-ring (bicyclic) bond motifs is 1. The van der Waals surface area contributed by atoms with E-state index in [2.05, 4.69) is 10.3 Å². The molecule has 0 saturated heterocycles. The van der Waals surface area contributed by atoms with Crippen molar-refractivity contribution in [2.24, 2.45) is 0 Å². The molecule has 0 aliphatic heterocycles. The second-order valence-corrected chi connectivity index (χ2v) is 8.01. The molecule has 4 rings (SSSR count). The maximum absolute atomic E-state index is 13.3. The Morgan fingerprint density at radius 2 is 1.79 bits per heavy atom. The van der Waals surface area contributed by atoms with Crippen molar-refractivity contribution in [2.75, 3.05) is 19.4 Å². The van der Waals surface area contributed by atoms with Crippen LogP contribution in [0.5, 0.6) is 0 Å². The van der Waals surface area contributed by atoms with Gasteiger partial charge in [-0.1, -0.05) is 36.4 Å². The molecule has 29 heavy (non-hydrogen) atoms. The van der Waals surface area contributed by atoms with E-state index >= 15 is 0 Å². The summed E-state index contributed by atoms with van der Waals surface area (Å²) in [6, 6.07) is 21.2. The fourth-order valence-corrected chi connectivity index (χ4v) is 4.23. The van der Waals surface area contributed by atoms with Crippen molar-refractivity contribution < 1.29 is 9.18 Å². The number of rotatable bonds is 5. The summed E-state index contributed by atoms with van der Waals surface area (Å²) in [5, 5.41) is 3.89. The zero-order chi connectivity index (χ0) is 20.4. The largest absolute Gasteiger partial charge is 0.324 e. The van der Waals surface area contributed by atoms with Crippen molar-refractivity contribution in [3.8, 4) is 10.6 Å². The predicted octanol–water partition coefficient (Wildman–Crippen LogP) is 5.34. The zero-order valence-electron chi connectivity index (χ0n) is 16.1. The molecule has 1 aromatic heterocycles. The second kappa shape index (κ2) is 8.11. The molecule has 1 atom stereocenters. The van der Waals surface area contributed by atoms with Gasteiger partial charge in [0.25, 0.3) is 0 Å². The number of halogens is 1. The van der Waals surface area contributed by atoms with Gasteiger partial charge in [0, 0.05) is 11.3 Å². The van der Waals surface area contributed by atoms with Crippen molar-refractivity contribution in [1.29, 1.82) is 0 Å². The Kier molecular flexibility index (Phi) is 5.38. The number of anilines is 1. The van der Waals surface area contributed by atoms with Gasteiger partial charge >= 0.3 is 0 Å². The highest BCUT2D eigenvalue weighted by Crippen LogP contribution is 2.31. The van der Waals surface area contributed by atoms with E-state index in [1.165, 1.54) is 12.1 Å². The second-order valence-electron chi connectivity index (χ2n) is 6.97. The molecule has 0 aliphatic carbocycles. The third kappa shape index (κ3) is 4.18. The number of nitrogens with one attached hydrogen (secondary N) is 1. The van der Waals surface area contributed by atoms with Gasteiger partial charge in [-0.15, -0.1) is 11.3 Å². The summed E-state index contributed by atoms with van der Waals surface area (Å²) in [6.45, 7) is 0. The van der Waals surface area contributed by atoms with Gasteiger partial charge in [-0.2, -0.15) is 0 Å². The van der Waals surface area contributed by atoms with Crippen LogP contribution in [0.4, 0.5) is 10.1 Å². The first-order valence-electron chi connectivity index (χ1n) is 9.20. The average Bonchev–Trinajstić information content (AvgIpc) is 3.14. The summed E-state index contributed by atoms with van der Waals surface area (Å²) in [5.41, 5.74) is 3.34. The van der Waals surface area contributed by atoms with E-state index in [9.17, 15) is 9.18 Å². The Morgan fingerprint density at radius 1 is 1.03 bits per heavy atom. The number of para-hydroxylation sites is 1. The van der Waals surface area contributed by atoms with Gasteiger partial charge < -0.3 is 5.32 Å². The molecule has 0 aliphatic rings. The van der Waals surface area contributed by atoms with E-state index < -0.39 is 6.04 Å². The summed E-state index contributed by atoms with van der Waals surface area (Å²) in [6.07, 6.45) is 0. The number of benzene rings is 3. The normalized spacial score (nSPS) is 12.3. The lowest BCUT2D eigenvalue weighted by Crippen LogP contribution is -2.32. The van der Waals surface area contributed by atoms with Crippen LogP contribution >= 0.6 is 11.3 Å². The number of likely N-dealkylation sites (N-methyl/N-ethyl adjacent to an activating group) is 1. The minimum absolute atomic E-state index is 0.178. The number of thiazole rings is 1. The summed E-state index contributed by atoms with van der Waals surface area (Å²) in [7, 11) is 3.65. The topological polar surface area (TPSA) is 45.2 Å². The zero-order valence-corrected chi connectivity index (χ0v) is 16.9. The highest BCUT2D eigenvalue weighted by atomic mass is 32.1. The minimum Gasteiger partial charge on any atom is -0.324 e. The van der Waals surface area contributed by atoms with E-state index in [0.717, 1.165) is 26.4 Å². The van der Waals surface area contributed by atoms with Gasteiger partial charge in [-0.3, -0.25) is 9.69 Å². The molecule has 0 bridgehead atoms. The molecular weight excluding hydrogens is 385 g/mol. The predicted molar refractivity (Wildman–Crippen MR) is 117 cm³/mol. The Balaban J connectivity index is 1.59. The van der Waals surface area contributed by atoms with E-state index in [1.807, 2.05) is 62.6 Å². The van der Waals surface area contributed by atoms with Crippen LogP contribution in [0.25, 0.3) is 20.8 Å². The van der Waals surface area contributed by atoms with Crippen LogP contribution in [0.15, 0.2) is 72.8 Å². The first-order valence-corrected chi connectivity index (χ1v) is 10.0. The van der Waals surface area contributed by atoms with Gasteiger partial charge in [0.05, 0.1) is 10.2 Å². The molecule has 0 spiro atoms. The molecule has 1 N–H and O–H groups in total. The Morgan fingerprint density at radius 3 is 2.52 bits per heavy atom. The van der Waals surface area contributed by atoms with Crippen molar-refractivity contribution in [3.63, 3.8) is 0 Å². The van der Waals surface area contributed by atoms with E-state index in [-0.39, 0.29) is 11.7 Å². The molecule has 4 aromatic rings. The molecule has 146 valence electrons. The van der Waals surface area contributed by atoms with Gasteiger partial charge in [0.1, 0.15) is 16.9 Å². The highest BCUT2D eigenvalue weighted by Gasteiger charge is 2.23. The smallest absolute Gasteiger partial charge is 0.246 e. The molecular formula is C23H20FN3OS. The number of hydrogen-bond donors (Lipinski definition) is 1. The summed E-state index contributed by atoms with van der Waals surface area (Å²) >= 11 is 1.62. The molecule has 1 heterocycles. The summed E-state index contributed by atoms with van der Waals surface area (Å²) in [5.74, 6) is -0.502. The van der Waals surface area contributed by atoms with Crippen LogP contribution < -0.4 is 5.32 Å². The number of amides is 1. The van der Waals surface area contributed by atoms with Gasteiger partial charge in [-0.05, 0) is 56.1 Å². The van der Waals surface area contributed by atoms with Gasteiger partial charge in [0.15, 0.2) is 0 Å². The SMILES string of the molecule is CN(C)[C@@H](C(=O)Nc1cccc(-c2nc3ccccc3s2)c1)c1ccc(F)cc1. The molecule has 0 fully saturated rings. The van der Waals surface area contributed by atoms with Crippen molar-refractivity contribution in [3.05, 3.63) is 84.2 Å². The maximum Gasteiger partial charge on any atom is 0.246 e. The quantitative estimate of drug-likeness (QED) is 0.487. The monoisotopic (exact) mass is 405 g/mol. The third-order valence-corrected chi connectivity index (χ3v) is 5.71. The van der Waals surface area contributed by atoms with Gasteiger partial charge in [-0.25, -0.2) is 9.37 Å². The first-order chi connectivity index (χ1) is 14.0.